The Labute approximate surface area is 167 Å². The van der Waals surface area contributed by atoms with E-state index in [2.05, 4.69) is 33.4 Å². The molecule has 0 aliphatic heterocycles. The predicted molar refractivity (Wildman–Crippen MR) is 104 cm³/mol. The van der Waals surface area contributed by atoms with Crippen molar-refractivity contribution in [2.24, 2.45) is 0 Å². The van der Waals surface area contributed by atoms with Gasteiger partial charge in [0.2, 0.25) is 0 Å². The zero-order valence-electron chi connectivity index (χ0n) is 12.9. The molecule has 134 valence electrons. The van der Waals surface area contributed by atoms with Gasteiger partial charge in [-0.05, 0) is 59.8 Å². The van der Waals surface area contributed by atoms with E-state index < -0.39 is 17.8 Å². The summed E-state index contributed by atoms with van der Waals surface area (Å²) in [7, 11) is 0. The Hall–Kier alpha value is -1.13. The normalized spacial score (nSPS) is 11.9. The van der Waals surface area contributed by atoms with Crippen LogP contribution in [0.1, 0.15) is 17.3 Å². The summed E-state index contributed by atoms with van der Waals surface area (Å²) < 4.78 is 14.8. The third kappa shape index (κ3) is 5.68. The van der Waals surface area contributed by atoms with Gasteiger partial charge in [-0.2, -0.15) is 0 Å². The number of halogens is 4. The first-order valence-corrected chi connectivity index (χ1v) is 8.92. The van der Waals surface area contributed by atoms with E-state index in [1.807, 2.05) is 6.07 Å². The van der Waals surface area contributed by atoms with Crippen molar-refractivity contribution in [3.8, 4) is 0 Å². The molecule has 25 heavy (non-hydrogen) atoms. The van der Waals surface area contributed by atoms with Crippen LogP contribution in [0.2, 0.25) is 10.0 Å². The van der Waals surface area contributed by atoms with E-state index >= 15 is 0 Å². The van der Waals surface area contributed by atoms with Crippen LogP contribution in [-0.4, -0.2) is 23.7 Å². The van der Waals surface area contributed by atoms with Crippen molar-refractivity contribution < 1.29 is 19.1 Å². The summed E-state index contributed by atoms with van der Waals surface area (Å²) in [4.78, 5) is 17.2. The van der Waals surface area contributed by atoms with Crippen LogP contribution >= 0.6 is 45.8 Å². The number of nitrogens with one attached hydrogen (secondary N) is 2. The Balaban J connectivity index is 2.30. The minimum atomic E-state index is -0.750. The van der Waals surface area contributed by atoms with E-state index in [1.54, 1.807) is 12.1 Å². The molecule has 1 atom stereocenters. The largest absolute Gasteiger partial charge is 0.391 e. The van der Waals surface area contributed by atoms with E-state index in [-0.39, 0.29) is 22.9 Å². The van der Waals surface area contributed by atoms with Gasteiger partial charge in [-0.1, -0.05) is 23.2 Å². The highest BCUT2D eigenvalue weighted by atomic mass is 127. The number of hydroxylamine groups is 1. The second kappa shape index (κ2) is 9.00. The van der Waals surface area contributed by atoms with Crippen LogP contribution in [0, 0.1) is 9.39 Å². The lowest BCUT2D eigenvalue weighted by Crippen LogP contribution is -2.28. The number of rotatable bonds is 6. The molecule has 0 saturated heterocycles. The topological polar surface area (TPSA) is 70.6 Å². The number of aliphatic hydroxyl groups excluding tert-OH is 1. The summed E-state index contributed by atoms with van der Waals surface area (Å²) in [6.45, 7) is 1.42. The highest BCUT2D eigenvalue weighted by molar-refractivity contribution is 14.1. The minimum absolute atomic E-state index is 0.0617. The monoisotopic (exact) mass is 498 g/mol. The summed E-state index contributed by atoms with van der Waals surface area (Å²) in [6.07, 6.45) is -0.750. The van der Waals surface area contributed by atoms with Gasteiger partial charge in [0.05, 0.1) is 33.1 Å². The lowest BCUT2D eigenvalue weighted by atomic mass is 10.1. The summed E-state index contributed by atoms with van der Waals surface area (Å²) >= 11 is 14.0. The molecule has 5 nitrogen and oxygen atoms in total. The number of benzene rings is 2. The number of hydrogen-bond acceptors (Lipinski definition) is 4. The van der Waals surface area contributed by atoms with Gasteiger partial charge in [-0.3, -0.25) is 9.63 Å². The second-order valence-electron chi connectivity index (χ2n) is 5.15. The van der Waals surface area contributed by atoms with Crippen molar-refractivity contribution in [1.82, 2.24) is 5.48 Å². The van der Waals surface area contributed by atoms with Gasteiger partial charge in [0.25, 0.3) is 5.91 Å². The molecule has 1 amide bonds. The fourth-order valence-corrected chi connectivity index (χ4v) is 2.92. The van der Waals surface area contributed by atoms with E-state index in [0.717, 1.165) is 9.64 Å². The average Bonchev–Trinajstić information content (AvgIpc) is 2.52. The van der Waals surface area contributed by atoms with Crippen LogP contribution in [0.25, 0.3) is 0 Å². The molecule has 0 bridgehead atoms. The molecule has 2 aromatic carbocycles. The average molecular weight is 499 g/mol. The highest BCUT2D eigenvalue weighted by Crippen LogP contribution is 2.31. The maximum Gasteiger partial charge on any atom is 0.277 e. The van der Waals surface area contributed by atoms with Crippen molar-refractivity contribution in [3.05, 3.63) is 55.3 Å². The number of carbonyl (C=O) groups is 1. The summed E-state index contributed by atoms with van der Waals surface area (Å²) in [5.41, 5.74) is 2.91. The SMILES string of the molecule is CC(O)CONC(=O)c1cc(Cl)c(F)cc1Nc1ccc(I)cc1Cl. The lowest BCUT2D eigenvalue weighted by Gasteiger charge is -2.15. The van der Waals surface area contributed by atoms with E-state index in [9.17, 15) is 9.18 Å². The molecular formula is C16H14Cl2FIN2O3. The van der Waals surface area contributed by atoms with Crippen LogP contribution in [0.15, 0.2) is 30.3 Å². The molecule has 0 saturated carbocycles. The Morgan fingerprint density at radius 3 is 2.64 bits per heavy atom. The second-order valence-corrected chi connectivity index (χ2v) is 7.21. The summed E-state index contributed by atoms with van der Waals surface area (Å²) in [6, 6.07) is 7.53. The van der Waals surface area contributed by atoms with E-state index in [1.165, 1.54) is 13.0 Å². The Morgan fingerprint density at radius 2 is 2.00 bits per heavy atom. The van der Waals surface area contributed by atoms with Crippen molar-refractivity contribution in [3.63, 3.8) is 0 Å². The summed E-state index contributed by atoms with van der Waals surface area (Å²) in [5.74, 6) is -1.33. The van der Waals surface area contributed by atoms with Gasteiger partial charge < -0.3 is 10.4 Å². The molecule has 3 N–H and O–H groups in total. The van der Waals surface area contributed by atoms with E-state index in [4.69, 9.17) is 33.1 Å². The smallest absolute Gasteiger partial charge is 0.277 e. The van der Waals surface area contributed by atoms with Gasteiger partial charge in [0.1, 0.15) is 12.4 Å². The molecule has 1 unspecified atom stereocenters. The Morgan fingerprint density at radius 1 is 1.28 bits per heavy atom. The molecule has 0 spiro atoms. The Kier molecular flexibility index (Phi) is 7.26. The van der Waals surface area contributed by atoms with Crippen LogP contribution < -0.4 is 10.8 Å². The van der Waals surface area contributed by atoms with Crippen molar-refractivity contribution in [1.29, 1.82) is 0 Å². The zero-order valence-corrected chi connectivity index (χ0v) is 16.6. The maximum absolute atomic E-state index is 13.8. The zero-order chi connectivity index (χ0) is 18.6. The highest BCUT2D eigenvalue weighted by Gasteiger charge is 2.17. The van der Waals surface area contributed by atoms with Crippen LogP contribution in [0.4, 0.5) is 15.8 Å². The molecule has 0 aliphatic carbocycles. The fourth-order valence-electron chi connectivity index (χ4n) is 1.86. The number of anilines is 2. The Bertz CT molecular complexity index is 790. The molecular weight excluding hydrogens is 485 g/mol. The lowest BCUT2D eigenvalue weighted by molar-refractivity contribution is -0.00682. The molecule has 2 rings (SSSR count). The first kappa shape index (κ1) is 20.2. The van der Waals surface area contributed by atoms with Crippen molar-refractivity contribution in [2.75, 3.05) is 11.9 Å². The van der Waals surface area contributed by atoms with Crippen molar-refractivity contribution in [2.45, 2.75) is 13.0 Å². The number of amides is 1. The predicted octanol–water partition coefficient (Wildman–Crippen LogP) is 4.52. The van der Waals surface area contributed by atoms with Gasteiger partial charge in [0, 0.05) is 3.57 Å². The minimum Gasteiger partial charge on any atom is -0.391 e. The molecule has 2 aromatic rings. The number of aliphatic hydroxyl groups is 1. The molecule has 0 aromatic heterocycles. The summed E-state index contributed by atoms with van der Waals surface area (Å²) in [5, 5.41) is 12.3. The van der Waals surface area contributed by atoms with Crippen LogP contribution in [0.5, 0.6) is 0 Å². The first-order chi connectivity index (χ1) is 11.8. The fraction of sp³-hybridized carbons (Fsp3) is 0.188. The molecule has 0 aliphatic rings. The van der Waals surface area contributed by atoms with E-state index in [0.29, 0.717) is 10.7 Å². The quantitative estimate of drug-likeness (QED) is 0.404. The van der Waals surface area contributed by atoms with Gasteiger partial charge >= 0.3 is 0 Å². The molecule has 0 fully saturated rings. The van der Waals surface area contributed by atoms with Crippen LogP contribution in [0.3, 0.4) is 0 Å². The number of hydrogen-bond donors (Lipinski definition) is 3. The molecule has 0 radical (unpaired) electrons. The van der Waals surface area contributed by atoms with Crippen molar-refractivity contribution >= 4 is 63.1 Å². The van der Waals surface area contributed by atoms with Gasteiger partial charge in [-0.15, -0.1) is 0 Å². The van der Waals surface area contributed by atoms with Crippen LogP contribution in [-0.2, 0) is 4.84 Å². The third-order valence-electron chi connectivity index (χ3n) is 2.99. The molecule has 0 heterocycles. The number of carbonyl (C=O) groups excluding carboxylic acids is 1. The molecule has 9 heteroatoms. The van der Waals surface area contributed by atoms with Gasteiger partial charge in [-0.25, -0.2) is 9.87 Å². The van der Waals surface area contributed by atoms with Gasteiger partial charge in [0.15, 0.2) is 0 Å². The maximum atomic E-state index is 13.8. The standard InChI is InChI=1S/C16H14Cl2FIN2O3/c1-8(23)7-25-22-16(24)10-5-11(17)13(19)6-15(10)21-14-3-2-9(20)4-12(14)18/h2-6,8,21,23H,7H2,1H3,(H,22,24). The first-order valence-electron chi connectivity index (χ1n) is 7.09. The third-order valence-corrected chi connectivity index (χ3v) is 4.27.